The maximum Gasteiger partial charge on any atom is 0.251 e. The smallest absolute Gasteiger partial charge is 0.251 e. The van der Waals surface area contributed by atoms with Crippen LogP contribution in [0, 0.1) is 13.8 Å². The van der Waals surface area contributed by atoms with Crippen molar-refractivity contribution in [2.75, 3.05) is 0 Å². The molecular weight excluding hydrogens is 272 g/mol. The van der Waals surface area contributed by atoms with Crippen LogP contribution in [0.3, 0.4) is 0 Å². The van der Waals surface area contributed by atoms with Crippen LogP contribution in [0.5, 0.6) is 0 Å². The molecule has 0 aliphatic heterocycles. The number of carbonyl (C=O) groups is 1. The zero-order valence-corrected chi connectivity index (χ0v) is 11.8. The van der Waals surface area contributed by atoms with Gasteiger partial charge in [0.25, 0.3) is 5.91 Å². The normalized spacial score (nSPS) is 11.4. The molecule has 0 radical (unpaired) electrons. The Kier molecular flexibility index (Phi) is 4.22. The van der Waals surface area contributed by atoms with E-state index in [2.05, 4.69) is 15.5 Å². The number of amides is 1. The molecule has 0 saturated carbocycles. The van der Waals surface area contributed by atoms with Crippen LogP contribution in [-0.4, -0.2) is 21.9 Å². The van der Waals surface area contributed by atoms with Crippen LogP contribution < -0.4 is 11.1 Å². The highest BCUT2D eigenvalue weighted by molar-refractivity contribution is 6.01. The van der Waals surface area contributed by atoms with Gasteiger partial charge in [0, 0.05) is 11.1 Å². The summed E-state index contributed by atoms with van der Waals surface area (Å²) in [6.45, 7) is 3.85. The summed E-state index contributed by atoms with van der Waals surface area (Å²) in [4.78, 5) is 16.2. The van der Waals surface area contributed by atoms with Crippen molar-refractivity contribution in [3.05, 3.63) is 52.7 Å². The quantitative estimate of drug-likeness (QED) is 0.340. The molecule has 110 valence electrons. The van der Waals surface area contributed by atoms with Crippen LogP contribution in [0.1, 0.15) is 33.3 Å². The molecule has 7 nitrogen and oxygen atoms in total. The van der Waals surface area contributed by atoms with Gasteiger partial charge in [0.1, 0.15) is 5.76 Å². The number of oxime groups is 1. The van der Waals surface area contributed by atoms with Crippen LogP contribution in [0.15, 0.2) is 33.8 Å². The number of benzene rings is 1. The first-order chi connectivity index (χ1) is 10.0. The number of hydrogen-bond donors (Lipinski definition) is 3. The Morgan fingerprint density at radius 3 is 2.76 bits per heavy atom. The third-order valence-corrected chi connectivity index (χ3v) is 3.00. The van der Waals surface area contributed by atoms with E-state index in [0.717, 1.165) is 11.5 Å². The first-order valence-electron chi connectivity index (χ1n) is 6.30. The fraction of sp³-hybridized carbons (Fsp3) is 0.214. The molecule has 0 fully saturated rings. The van der Waals surface area contributed by atoms with E-state index in [0.29, 0.717) is 17.0 Å². The first-order valence-corrected chi connectivity index (χ1v) is 6.30. The summed E-state index contributed by atoms with van der Waals surface area (Å²) in [5.74, 6) is 0.832. The molecule has 0 saturated heterocycles. The molecule has 2 rings (SSSR count). The summed E-state index contributed by atoms with van der Waals surface area (Å²) < 4.78 is 5.38. The third kappa shape index (κ3) is 3.38. The molecule has 0 unspecified atom stereocenters. The second kappa shape index (κ2) is 6.08. The summed E-state index contributed by atoms with van der Waals surface area (Å²) in [7, 11) is 0. The van der Waals surface area contributed by atoms with Crippen molar-refractivity contribution in [1.29, 1.82) is 0 Å². The van der Waals surface area contributed by atoms with Crippen LogP contribution >= 0.6 is 0 Å². The molecule has 0 atom stereocenters. The fourth-order valence-corrected chi connectivity index (χ4v) is 1.75. The number of nitrogens with two attached hydrogens (primary N) is 1. The van der Waals surface area contributed by atoms with Gasteiger partial charge < -0.3 is 20.7 Å². The van der Waals surface area contributed by atoms with E-state index in [9.17, 15) is 4.79 Å². The highest BCUT2D eigenvalue weighted by Crippen LogP contribution is 2.09. The summed E-state index contributed by atoms with van der Waals surface area (Å²) in [6.07, 6.45) is 0. The second-order valence-electron chi connectivity index (χ2n) is 4.50. The van der Waals surface area contributed by atoms with Crippen molar-refractivity contribution >= 4 is 11.7 Å². The standard InChI is InChI=1S/C14H16N4O3/c1-8-9(2)21-12(17-8)7-16-14(19)11-5-3-4-10(6-11)13(15)18-20/h3-6,20H,7H2,1-2H3,(H2,15,18)(H,16,19). The summed E-state index contributed by atoms with van der Waals surface area (Å²) in [6, 6.07) is 6.47. The lowest BCUT2D eigenvalue weighted by molar-refractivity contribution is 0.0947. The zero-order valence-electron chi connectivity index (χ0n) is 11.8. The molecule has 0 aliphatic rings. The van der Waals surface area contributed by atoms with Crippen LogP contribution in [0.2, 0.25) is 0 Å². The van der Waals surface area contributed by atoms with Gasteiger partial charge in [-0.3, -0.25) is 4.79 Å². The molecule has 1 heterocycles. The maximum absolute atomic E-state index is 12.0. The van der Waals surface area contributed by atoms with Crippen LogP contribution in [0.4, 0.5) is 0 Å². The lowest BCUT2D eigenvalue weighted by Gasteiger charge is -2.05. The number of oxazole rings is 1. The van der Waals surface area contributed by atoms with Gasteiger partial charge in [0.15, 0.2) is 5.84 Å². The lowest BCUT2D eigenvalue weighted by Crippen LogP contribution is -2.23. The van der Waals surface area contributed by atoms with Gasteiger partial charge >= 0.3 is 0 Å². The number of nitrogens with zero attached hydrogens (tertiary/aromatic N) is 2. The van der Waals surface area contributed by atoms with Crippen molar-refractivity contribution in [2.24, 2.45) is 10.9 Å². The monoisotopic (exact) mass is 288 g/mol. The Labute approximate surface area is 121 Å². The zero-order chi connectivity index (χ0) is 15.4. The number of amidine groups is 1. The average Bonchev–Trinajstić information content (AvgIpc) is 2.82. The highest BCUT2D eigenvalue weighted by Gasteiger charge is 2.10. The Hall–Kier alpha value is -2.83. The molecule has 1 aromatic carbocycles. The van der Waals surface area contributed by atoms with E-state index in [-0.39, 0.29) is 18.3 Å². The Morgan fingerprint density at radius 2 is 2.14 bits per heavy atom. The van der Waals surface area contributed by atoms with E-state index in [4.69, 9.17) is 15.4 Å². The van der Waals surface area contributed by atoms with Crippen molar-refractivity contribution in [1.82, 2.24) is 10.3 Å². The predicted molar refractivity (Wildman–Crippen MR) is 76.1 cm³/mol. The Morgan fingerprint density at radius 1 is 1.43 bits per heavy atom. The summed E-state index contributed by atoms with van der Waals surface area (Å²) in [5.41, 5.74) is 7.16. The third-order valence-electron chi connectivity index (χ3n) is 3.00. The van der Waals surface area contributed by atoms with Gasteiger partial charge in [-0.05, 0) is 26.0 Å². The molecule has 0 aliphatic carbocycles. The summed E-state index contributed by atoms with van der Waals surface area (Å²) >= 11 is 0. The molecule has 7 heteroatoms. The molecule has 21 heavy (non-hydrogen) atoms. The lowest BCUT2D eigenvalue weighted by atomic mass is 10.1. The van der Waals surface area contributed by atoms with Crippen LogP contribution in [0.25, 0.3) is 0 Å². The van der Waals surface area contributed by atoms with Gasteiger partial charge in [0.2, 0.25) is 5.89 Å². The van der Waals surface area contributed by atoms with E-state index in [1.165, 1.54) is 6.07 Å². The molecule has 0 spiro atoms. The SMILES string of the molecule is Cc1nc(CNC(=O)c2cccc(/C(N)=N/O)c2)oc1C. The van der Waals surface area contributed by atoms with Gasteiger partial charge in [0.05, 0.1) is 12.2 Å². The van der Waals surface area contributed by atoms with Gasteiger partial charge in [-0.25, -0.2) is 4.98 Å². The fourth-order valence-electron chi connectivity index (χ4n) is 1.75. The largest absolute Gasteiger partial charge is 0.444 e. The Balaban J connectivity index is 2.06. The molecule has 0 bridgehead atoms. The van der Waals surface area contributed by atoms with E-state index in [1.54, 1.807) is 18.2 Å². The topological polar surface area (TPSA) is 114 Å². The molecular formula is C14H16N4O3. The van der Waals surface area contributed by atoms with Crippen molar-refractivity contribution in [3.8, 4) is 0 Å². The number of aryl methyl sites for hydroxylation is 2. The van der Waals surface area contributed by atoms with Gasteiger partial charge in [-0.2, -0.15) is 0 Å². The number of hydrogen-bond acceptors (Lipinski definition) is 5. The number of carbonyl (C=O) groups excluding carboxylic acids is 1. The van der Waals surface area contributed by atoms with E-state index < -0.39 is 0 Å². The molecule has 4 N–H and O–H groups in total. The highest BCUT2D eigenvalue weighted by atomic mass is 16.4. The van der Waals surface area contributed by atoms with Crippen molar-refractivity contribution < 1.29 is 14.4 Å². The molecule has 2 aromatic rings. The number of nitrogens with one attached hydrogen (secondary N) is 1. The minimum absolute atomic E-state index is 0.0522. The molecule has 1 aromatic heterocycles. The minimum atomic E-state index is -0.295. The molecule has 1 amide bonds. The first kappa shape index (κ1) is 14.6. The number of rotatable bonds is 4. The van der Waals surface area contributed by atoms with Gasteiger partial charge in [-0.15, -0.1) is 0 Å². The van der Waals surface area contributed by atoms with Crippen molar-refractivity contribution in [2.45, 2.75) is 20.4 Å². The predicted octanol–water partition coefficient (Wildman–Crippen LogP) is 1.32. The minimum Gasteiger partial charge on any atom is -0.444 e. The number of aromatic nitrogens is 1. The summed E-state index contributed by atoms with van der Waals surface area (Å²) in [5, 5.41) is 14.2. The van der Waals surface area contributed by atoms with Gasteiger partial charge in [-0.1, -0.05) is 17.3 Å². The Bertz CT molecular complexity index is 672. The second-order valence-corrected chi connectivity index (χ2v) is 4.50. The van der Waals surface area contributed by atoms with Crippen LogP contribution in [-0.2, 0) is 6.54 Å². The van der Waals surface area contributed by atoms with E-state index >= 15 is 0 Å². The maximum atomic E-state index is 12.0. The van der Waals surface area contributed by atoms with E-state index in [1.807, 2.05) is 13.8 Å². The average molecular weight is 288 g/mol. The van der Waals surface area contributed by atoms with Crippen molar-refractivity contribution in [3.63, 3.8) is 0 Å².